The predicted molar refractivity (Wildman–Crippen MR) is 316 cm³/mol. The molecular weight excluding hydrogens is 893 g/mol. The van der Waals surface area contributed by atoms with Gasteiger partial charge in [0.1, 0.15) is 0 Å². The first-order valence-electron chi connectivity index (χ1n) is 26.0. The van der Waals surface area contributed by atoms with Crippen LogP contribution in [0.1, 0.15) is 61.1 Å². The molecule has 0 fully saturated rings. The maximum atomic E-state index is 2.45. The number of fused-ring (bicyclic) bond motifs is 12. The van der Waals surface area contributed by atoms with Crippen LogP contribution >= 0.6 is 0 Å². The van der Waals surface area contributed by atoms with Crippen LogP contribution in [0.4, 0.5) is 34.1 Å². The SMILES string of the molecule is CC1(C)c2cc(C=Cc3ccc4c(c3)C(C)(C)c3cc(N(c5ccccc5)c5cc6ccccc6c6ccccc56)ccc3-4)ccc2-c2ccc(N(c3ccccc3)c3cc4ccccc4c4ccccc34)cc21. The van der Waals surface area contributed by atoms with Crippen LogP contribution in [0.25, 0.3) is 77.5 Å². The zero-order valence-corrected chi connectivity index (χ0v) is 42.1. The van der Waals surface area contributed by atoms with Crippen LogP contribution in [-0.4, -0.2) is 0 Å². The Bertz CT molecular complexity index is 3980. The molecule has 0 radical (unpaired) electrons. The van der Waals surface area contributed by atoms with Gasteiger partial charge >= 0.3 is 0 Å². The van der Waals surface area contributed by atoms with Gasteiger partial charge in [-0.05, 0) is 149 Å². The van der Waals surface area contributed by atoms with Crippen LogP contribution < -0.4 is 9.80 Å². The van der Waals surface area contributed by atoms with E-state index >= 15 is 0 Å². The van der Waals surface area contributed by atoms with Crippen LogP contribution in [0.2, 0.25) is 0 Å². The quantitative estimate of drug-likeness (QED) is 0.111. The summed E-state index contributed by atoms with van der Waals surface area (Å²) in [6.07, 6.45) is 4.60. The minimum absolute atomic E-state index is 0.210. The van der Waals surface area contributed by atoms with E-state index in [1.165, 1.54) is 110 Å². The summed E-state index contributed by atoms with van der Waals surface area (Å²) >= 11 is 0. The molecule has 12 aromatic carbocycles. The average Bonchev–Trinajstić information content (AvgIpc) is 3.84. The van der Waals surface area contributed by atoms with E-state index in [-0.39, 0.29) is 10.8 Å². The molecule has 14 rings (SSSR count). The molecule has 0 amide bonds. The topological polar surface area (TPSA) is 6.48 Å². The molecule has 0 saturated carbocycles. The third-order valence-corrected chi connectivity index (χ3v) is 16.4. The van der Waals surface area contributed by atoms with Crippen LogP contribution in [0.5, 0.6) is 0 Å². The van der Waals surface area contributed by atoms with Gasteiger partial charge in [0.05, 0.1) is 11.4 Å². The first-order valence-corrected chi connectivity index (χ1v) is 26.0. The summed E-state index contributed by atoms with van der Waals surface area (Å²) in [4.78, 5) is 4.90. The van der Waals surface area contributed by atoms with E-state index in [0.717, 1.165) is 22.7 Å². The van der Waals surface area contributed by atoms with Gasteiger partial charge < -0.3 is 9.80 Å². The van der Waals surface area contributed by atoms with Crippen molar-refractivity contribution in [2.24, 2.45) is 0 Å². The van der Waals surface area contributed by atoms with E-state index in [4.69, 9.17) is 0 Å². The lowest BCUT2D eigenvalue weighted by molar-refractivity contribution is 0.660. The molecule has 2 aliphatic carbocycles. The molecule has 0 saturated heterocycles. The van der Waals surface area contributed by atoms with E-state index in [1.807, 2.05) is 0 Å². The van der Waals surface area contributed by atoms with Crippen LogP contribution in [-0.2, 0) is 10.8 Å². The number of hydrogen-bond acceptors (Lipinski definition) is 2. The number of anilines is 6. The van der Waals surface area contributed by atoms with Crippen LogP contribution in [0.15, 0.2) is 243 Å². The summed E-state index contributed by atoms with van der Waals surface area (Å²) in [5.41, 5.74) is 19.6. The zero-order chi connectivity index (χ0) is 49.7. The molecule has 2 heteroatoms. The Kier molecular flexibility index (Phi) is 9.94. The summed E-state index contributed by atoms with van der Waals surface area (Å²) in [5.74, 6) is 0. The first-order chi connectivity index (χ1) is 36.2. The fraction of sp³-hybridized carbons (Fsp3) is 0.0833. The maximum Gasteiger partial charge on any atom is 0.0546 e. The minimum Gasteiger partial charge on any atom is -0.310 e. The molecule has 2 nitrogen and oxygen atoms in total. The normalized spacial score (nSPS) is 13.8. The fourth-order valence-corrected chi connectivity index (χ4v) is 12.6. The third kappa shape index (κ3) is 6.86. The Labute approximate surface area is 433 Å². The largest absolute Gasteiger partial charge is 0.310 e. The van der Waals surface area contributed by atoms with Gasteiger partial charge in [-0.2, -0.15) is 0 Å². The molecule has 2 aliphatic rings. The van der Waals surface area contributed by atoms with E-state index < -0.39 is 0 Å². The third-order valence-electron chi connectivity index (χ3n) is 16.4. The summed E-state index contributed by atoms with van der Waals surface area (Å²) in [7, 11) is 0. The highest BCUT2D eigenvalue weighted by atomic mass is 15.1. The van der Waals surface area contributed by atoms with Gasteiger partial charge in [-0.15, -0.1) is 0 Å². The second kappa shape index (κ2) is 16.8. The van der Waals surface area contributed by atoms with Gasteiger partial charge in [0.25, 0.3) is 0 Å². The van der Waals surface area contributed by atoms with Gasteiger partial charge in [-0.3, -0.25) is 0 Å². The molecular formula is C72H54N2. The van der Waals surface area contributed by atoms with Gasteiger partial charge in [-0.25, -0.2) is 0 Å². The lowest BCUT2D eigenvalue weighted by atomic mass is 9.81. The highest BCUT2D eigenvalue weighted by Gasteiger charge is 2.38. The molecule has 0 unspecified atom stereocenters. The Morgan fingerprint density at radius 2 is 0.595 bits per heavy atom. The zero-order valence-electron chi connectivity index (χ0n) is 42.1. The number of hydrogen-bond donors (Lipinski definition) is 0. The van der Waals surface area contributed by atoms with Gasteiger partial charge in [0.15, 0.2) is 0 Å². The number of para-hydroxylation sites is 2. The number of nitrogens with zero attached hydrogens (tertiary/aromatic N) is 2. The van der Waals surface area contributed by atoms with E-state index in [0.29, 0.717) is 0 Å². The molecule has 0 bridgehead atoms. The Morgan fingerprint density at radius 1 is 0.270 bits per heavy atom. The summed E-state index contributed by atoms with van der Waals surface area (Å²) in [6.45, 7) is 9.56. The second-order valence-corrected chi connectivity index (χ2v) is 21.3. The number of rotatable bonds is 8. The van der Waals surface area contributed by atoms with Crippen molar-refractivity contribution in [1.29, 1.82) is 0 Å². The van der Waals surface area contributed by atoms with Crippen molar-refractivity contribution in [3.63, 3.8) is 0 Å². The molecule has 74 heavy (non-hydrogen) atoms. The Hall–Kier alpha value is -8.98. The highest BCUT2D eigenvalue weighted by molar-refractivity contribution is 6.16. The Morgan fingerprint density at radius 3 is 1.00 bits per heavy atom. The van der Waals surface area contributed by atoms with Crippen molar-refractivity contribution in [3.05, 3.63) is 276 Å². The maximum absolute atomic E-state index is 2.45. The molecule has 0 heterocycles. The molecule has 352 valence electrons. The summed E-state index contributed by atoms with van der Waals surface area (Å²) in [6, 6.07) is 89.9. The minimum atomic E-state index is -0.210. The van der Waals surface area contributed by atoms with Crippen LogP contribution in [0, 0.1) is 0 Å². The van der Waals surface area contributed by atoms with Crippen molar-refractivity contribution in [1.82, 2.24) is 0 Å². The summed E-state index contributed by atoms with van der Waals surface area (Å²) < 4.78 is 0. The van der Waals surface area contributed by atoms with Gasteiger partial charge in [0, 0.05) is 44.4 Å². The van der Waals surface area contributed by atoms with Crippen molar-refractivity contribution >= 4 is 89.4 Å². The standard InChI is InChI=1S/C72H54N2/c1-71(2)65-41-47(33-37-59(65)61-39-35-53(45-67(61)71)73(51-21-7-5-8-22-51)69-43-49-19-11-13-25-55(49)57-27-15-17-29-63(57)69)31-32-48-34-38-60-62-40-36-54(46-68(62)72(3,4)66(60)42-48)74(52-23-9-6-10-24-52)70-44-50-20-12-14-26-56(50)58-28-16-18-30-64(58)70/h5-46H,1-4H3. The molecule has 0 aliphatic heterocycles. The smallest absolute Gasteiger partial charge is 0.0546 e. The van der Waals surface area contributed by atoms with Crippen molar-refractivity contribution in [2.75, 3.05) is 9.80 Å². The second-order valence-electron chi connectivity index (χ2n) is 21.3. The molecule has 0 N–H and O–H groups in total. The average molecular weight is 947 g/mol. The lowest BCUT2D eigenvalue weighted by Crippen LogP contribution is -2.17. The first kappa shape index (κ1) is 43.8. The Balaban J connectivity index is 0.786. The lowest BCUT2D eigenvalue weighted by Gasteiger charge is -2.29. The van der Waals surface area contributed by atoms with Crippen molar-refractivity contribution < 1.29 is 0 Å². The molecule has 0 aromatic heterocycles. The van der Waals surface area contributed by atoms with E-state index in [9.17, 15) is 0 Å². The van der Waals surface area contributed by atoms with E-state index in [2.05, 4.69) is 292 Å². The predicted octanol–water partition coefficient (Wildman–Crippen LogP) is 20.0. The fourth-order valence-electron chi connectivity index (χ4n) is 12.6. The molecule has 0 spiro atoms. The number of benzene rings is 12. The van der Waals surface area contributed by atoms with Crippen molar-refractivity contribution in [2.45, 2.75) is 38.5 Å². The van der Waals surface area contributed by atoms with Crippen LogP contribution in [0.3, 0.4) is 0 Å². The molecule has 0 atom stereocenters. The van der Waals surface area contributed by atoms with Gasteiger partial charge in [-0.1, -0.05) is 222 Å². The summed E-state index contributed by atoms with van der Waals surface area (Å²) in [5, 5.41) is 10.00. The van der Waals surface area contributed by atoms with Gasteiger partial charge in [0.2, 0.25) is 0 Å². The highest BCUT2D eigenvalue weighted by Crippen LogP contribution is 2.54. The van der Waals surface area contributed by atoms with E-state index in [1.54, 1.807) is 0 Å². The monoisotopic (exact) mass is 946 g/mol. The van der Waals surface area contributed by atoms with Crippen molar-refractivity contribution in [3.8, 4) is 22.3 Å². The molecule has 12 aromatic rings.